The third kappa shape index (κ3) is 1.80. The zero-order chi connectivity index (χ0) is 10.9. The van der Waals surface area contributed by atoms with Crippen molar-refractivity contribution in [2.45, 2.75) is 39.5 Å². The van der Waals surface area contributed by atoms with Crippen LogP contribution in [0.4, 0.5) is 0 Å². The number of hydrogen-bond acceptors (Lipinski definition) is 3. The Morgan fingerprint density at radius 1 is 1.57 bits per heavy atom. The average molecular weight is 213 g/mol. The molecule has 0 unspecified atom stereocenters. The number of aliphatic carboxylic acids is 1. The highest BCUT2D eigenvalue weighted by atomic mass is 32.1. The lowest BCUT2D eigenvalue weighted by Gasteiger charge is -2.17. The van der Waals surface area contributed by atoms with Gasteiger partial charge in [-0.1, -0.05) is 6.92 Å². The van der Waals surface area contributed by atoms with E-state index in [0.29, 0.717) is 0 Å². The predicted molar refractivity (Wildman–Crippen MR) is 56.9 cm³/mol. The van der Waals surface area contributed by atoms with Crippen LogP contribution in [0.5, 0.6) is 0 Å². The first-order valence-electron chi connectivity index (χ1n) is 4.59. The molecule has 1 aromatic heterocycles. The second kappa shape index (κ2) is 3.69. The van der Waals surface area contributed by atoms with Crippen molar-refractivity contribution in [2.75, 3.05) is 0 Å². The smallest absolute Gasteiger partial charge is 0.314 e. The third-order valence-corrected chi connectivity index (χ3v) is 3.87. The third-order valence-electron chi connectivity index (χ3n) is 2.25. The van der Waals surface area contributed by atoms with Gasteiger partial charge in [-0.05, 0) is 27.2 Å². The van der Waals surface area contributed by atoms with Crippen molar-refractivity contribution in [1.29, 1.82) is 0 Å². The van der Waals surface area contributed by atoms with Crippen molar-refractivity contribution >= 4 is 17.3 Å². The van der Waals surface area contributed by atoms with Crippen LogP contribution >= 0.6 is 11.3 Å². The van der Waals surface area contributed by atoms with Crippen LogP contribution in [0.1, 0.15) is 36.3 Å². The maximum absolute atomic E-state index is 11.1. The molecule has 78 valence electrons. The number of carboxylic acids is 1. The molecule has 1 rings (SSSR count). The van der Waals surface area contributed by atoms with Crippen LogP contribution in [0.3, 0.4) is 0 Å². The fourth-order valence-corrected chi connectivity index (χ4v) is 2.38. The summed E-state index contributed by atoms with van der Waals surface area (Å²) in [7, 11) is 0. The van der Waals surface area contributed by atoms with E-state index >= 15 is 0 Å². The van der Waals surface area contributed by atoms with E-state index < -0.39 is 11.4 Å². The van der Waals surface area contributed by atoms with Gasteiger partial charge >= 0.3 is 5.97 Å². The number of thiazole rings is 1. The molecule has 4 heteroatoms. The summed E-state index contributed by atoms with van der Waals surface area (Å²) in [6.07, 6.45) is 0.862. The number of aryl methyl sites for hydroxylation is 2. The molecule has 0 amide bonds. The molecule has 1 aromatic rings. The number of hydrogen-bond donors (Lipinski definition) is 1. The maximum atomic E-state index is 11.1. The summed E-state index contributed by atoms with van der Waals surface area (Å²) in [6.45, 7) is 7.33. The SMILES string of the molecule is CCc1nc(C)c(C(C)(C)C(=O)O)s1. The van der Waals surface area contributed by atoms with Gasteiger partial charge in [-0.3, -0.25) is 4.79 Å². The summed E-state index contributed by atoms with van der Waals surface area (Å²) in [4.78, 5) is 16.2. The van der Waals surface area contributed by atoms with E-state index in [1.165, 1.54) is 11.3 Å². The minimum absolute atomic E-state index is 0.799. The molecule has 0 aliphatic rings. The molecular formula is C10H15NO2S. The summed E-state index contributed by atoms with van der Waals surface area (Å²) >= 11 is 1.50. The van der Waals surface area contributed by atoms with Crippen molar-refractivity contribution in [3.8, 4) is 0 Å². The first-order valence-corrected chi connectivity index (χ1v) is 5.41. The fourth-order valence-electron chi connectivity index (χ4n) is 1.28. The van der Waals surface area contributed by atoms with Gasteiger partial charge < -0.3 is 5.11 Å². The van der Waals surface area contributed by atoms with Crippen molar-refractivity contribution < 1.29 is 9.90 Å². The monoisotopic (exact) mass is 213 g/mol. The number of carbonyl (C=O) groups is 1. The Balaban J connectivity index is 3.18. The number of nitrogens with zero attached hydrogens (tertiary/aromatic N) is 1. The lowest BCUT2D eigenvalue weighted by molar-refractivity contribution is -0.142. The number of rotatable bonds is 3. The van der Waals surface area contributed by atoms with Crippen LogP contribution < -0.4 is 0 Å². The van der Waals surface area contributed by atoms with Crippen LogP contribution in [0, 0.1) is 6.92 Å². The molecule has 3 nitrogen and oxygen atoms in total. The van der Waals surface area contributed by atoms with Gasteiger partial charge in [0.25, 0.3) is 0 Å². The summed E-state index contributed by atoms with van der Waals surface area (Å²) in [5, 5.41) is 10.1. The van der Waals surface area contributed by atoms with Crippen LogP contribution in [0.15, 0.2) is 0 Å². The second-order valence-corrected chi connectivity index (χ2v) is 4.89. The lowest BCUT2D eigenvalue weighted by atomic mass is 9.91. The Kier molecular flexibility index (Phi) is 2.95. The molecule has 0 spiro atoms. The van der Waals surface area contributed by atoms with Crippen molar-refractivity contribution in [1.82, 2.24) is 4.98 Å². The molecule has 0 aliphatic carbocycles. The Morgan fingerprint density at radius 2 is 2.14 bits per heavy atom. The standard InChI is InChI=1S/C10H15NO2S/c1-5-7-11-6(2)8(14-7)10(3,4)9(12)13/h5H2,1-4H3,(H,12,13). The van der Waals surface area contributed by atoms with E-state index in [0.717, 1.165) is 22.0 Å². The predicted octanol–water partition coefficient (Wildman–Crippen LogP) is 2.38. The molecule has 1 heterocycles. The first-order chi connectivity index (χ1) is 6.39. The fraction of sp³-hybridized carbons (Fsp3) is 0.600. The van der Waals surface area contributed by atoms with Gasteiger partial charge in [0.05, 0.1) is 16.1 Å². The summed E-state index contributed by atoms with van der Waals surface area (Å²) in [5.74, 6) is -0.799. The molecule has 14 heavy (non-hydrogen) atoms. The van der Waals surface area contributed by atoms with Gasteiger partial charge in [0, 0.05) is 4.88 Å². The van der Waals surface area contributed by atoms with Gasteiger partial charge in [-0.15, -0.1) is 11.3 Å². The van der Waals surface area contributed by atoms with Gasteiger partial charge in [0.1, 0.15) is 0 Å². The lowest BCUT2D eigenvalue weighted by Crippen LogP contribution is -2.28. The molecule has 0 fully saturated rings. The van der Waals surface area contributed by atoms with E-state index in [2.05, 4.69) is 4.98 Å². The molecule has 0 bridgehead atoms. The molecule has 0 atom stereocenters. The number of carboxylic acid groups (broad SMARTS) is 1. The zero-order valence-electron chi connectivity index (χ0n) is 8.92. The summed E-state index contributed by atoms with van der Waals surface area (Å²) < 4.78 is 0. The van der Waals surface area contributed by atoms with E-state index in [1.807, 2.05) is 13.8 Å². The topological polar surface area (TPSA) is 50.2 Å². The Morgan fingerprint density at radius 3 is 2.50 bits per heavy atom. The summed E-state index contributed by atoms with van der Waals surface area (Å²) in [5.41, 5.74) is 0.0223. The highest BCUT2D eigenvalue weighted by molar-refractivity contribution is 7.12. The normalized spacial score (nSPS) is 11.7. The van der Waals surface area contributed by atoms with Crippen LogP contribution in [0.2, 0.25) is 0 Å². The quantitative estimate of drug-likeness (QED) is 0.838. The van der Waals surface area contributed by atoms with Gasteiger partial charge in [0.2, 0.25) is 0 Å². The molecule has 0 radical (unpaired) electrons. The van der Waals surface area contributed by atoms with E-state index in [9.17, 15) is 4.79 Å². The Bertz CT molecular complexity index is 355. The highest BCUT2D eigenvalue weighted by Gasteiger charge is 2.33. The Labute approximate surface area is 87.8 Å². The minimum Gasteiger partial charge on any atom is -0.481 e. The molecular weight excluding hydrogens is 198 g/mol. The van der Waals surface area contributed by atoms with Crippen LogP contribution in [-0.4, -0.2) is 16.1 Å². The molecule has 0 saturated carbocycles. The largest absolute Gasteiger partial charge is 0.481 e. The highest BCUT2D eigenvalue weighted by Crippen LogP contribution is 2.32. The van der Waals surface area contributed by atoms with E-state index in [4.69, 9.17) is 5.11 Å². The van der Waals surface area contributed by atoms with Crippen LogP contribution in [0.25, 0.3) is 0 Å². The second-order valence-electron chi connectivity index (χ2n) is 3.81. The van der Waals surface area contributed by atoms with Crippen molar-refractivity contribution in [3.63, 3.8) is 0 Å². The van der Waals surface area contributed by atoms with Gasteiger partial charge in [-0.25, -0.2) is 4.98 Å². The molecule has 0 aliphatic heterocycles. The average Bonchev–Trinajstić information content (AvgIpc) is 2.47. The zero-order valence-corrected chi connectivity index (χ0v) is 9.73. The van der Waals surface area contributed by atoms with E-state index in [-0.39, 0.29) is 0 Å². The molecule has 0 saturated heterocycles. The number of aromatic nitrogens is 1. The van der Waals surface area contributed by atoms with Crippen LogP contribution in [-0.2, 0) is 16.6 Å². The van der Waals surface area contributed by atoms with E-state index in [1.54, 1.807) is 13.8 Å². The van der Waals surface area contributed by atoms with Crippen molar-refractivity contribution in [3.05, 3.63) is 15.6 Å². The minimum atomic E-state index is -0.824. The Hall–Kier alpha value is -0.900. The molecule has 0 aromatic carbocycles. The molecule has 1 N–H and O–H groups in total. The summed E-state index contributed by atoms with van der Waals surface area (Å²) in [6, 6.07) is 0. The van der Waals surface area contributed by atoms with Gasteiger partial charge in [0.15, 0.2) is 0 Å². The maximum Gasteiger partial charge on any atom is 0.314 e. The van der Waals surface area contributed by atoms with Gasteiger partial charge in [-0.2, -0.15) is 0 Å². The van der Waals surface area contributed by atoms with Crippen molar-refractivity contribution in [2.24, 2.45) is 0 Å². The first kappa shape index (κ1) is 11.2.